The molecule has 1 aliphatic rings. The third kappa shape index (κ3) is 5.54. The highest BCUT2D eigenvalue weighted by Crippen LogP contribution is 2.21. The number of nitrogens with zero attached hydrogens (tertiary/aromatic N) is 2. The monoisotopic (exact) mass is 315 g/mol. The number of hydrogen-bond acceptors (Lipinski definition) is 3. The van der Waals surface area contributed by atoms with Gasteiger partial charge in [0.15, 0.2) is 0 Å². The molecule has 6 heteroatoms. The second kappa shape index (κ2) is 8.68. The van der Waals surface area contributed by atoms with Crippen molar-refractivity contribution < 1.29 is 8.42 Å². The minimum atomic E-state index is -3.40. The highest BCUT2D eigenvalue weighted by atomic mass is 32.2. The van der Waals surface area contributed by atoms with Crippen LogP contribution in [0.25, 0.3) is 0 Å². The predicted octanol–water partition coefficient (Wildman–Crippen LogP) is 1.62. The minimum absolute atomic E-state index is 0.323. The average molecular weight is 315 g/mol. The Morgan fingerprint density at radius 1 is 1.24 bits per heavy atom. The zero-order valence-electron chi connectivity index (χ0n) is 13.3. The Morgan fingerprint density at radius 2 is 1.76 bits per heavy atom. The van der Waals surface area contributed by atoms with Gasteiger partial charge in [0.2, 0.25) is 0 Å². The largest absolute Gasteiger partial charge is 0.314 e. The molecule has 122 valence electrons. The molecular formula is C15H29N3O2S. The van der Waals surface area contributed by atoms with Gasteiger partial charge in [-0.15, -0.1) is 13.2 Å². The van der Waals surface area contributed by atoms with Crippen LogP contribution in [0, 0.1) is 5.92 Å². The summed E-state index contributed by atoms with van der Waals surface area (Å²) in [6.07, 6.45) is 5.05. The molecule has 0 aromatic heterocycles. The van der Waals surface area contributed by atoms with Gasteiger partial charge in [0, 0.05) is 32.2 Å². The van der Waals surface area contributed by atoms with Crippen LogP contribution in [0.3, 0.4) is 0 Å². The van der Waals surface area contributed by atoms with Gasteiger partial charge in [-0.25, -0.2) is 0 Å². The third-order valence-electron chi connectivity index (χ3n) is 3.71. The van der Waals surface area contributed by atoms with E-state index >= 15 is 0 Å². The van der Waals surface area contributed by atoms with Crippen LogP contribution in [-0.4, -0.2) is 55.8 Å². The molecule has 1 aliphatic heterocycles. The molecular weight excluding hydrogens is 286 g/mol. The van der Waals surface area contributed by atoms with Crippen molar-refractivity contribution in [2.24, 2.45) is 5.92 Å². The molecule has 1 fully saturated rings. The number of piperidine rings is 1. The topological polar surface area (TPSA) is 52.7 Å². The minimum Gasteiger partial charge on any atom is -0.314 e. The first-order valence-corrected chi connectivity index (χ1v) is 9.02. The van der Waals surface area contributed by atoms with E-state index in [2.05, 4.69) is 32.3 Å². The zero-order chi connectivity index (χ0) is 15.9. The Bertz CT molecular complexity index is 416. The Hall–Kier alpha value is -0.690. The van der Waals surface area contributed by atoms with E-state index in [1.807, 2.05) is 0 Å². The van der Waals surface area contributed by atoms with Crippen molar-refractivity contribution >= 4 is 10.2 Å². The zero-order valence-corrected chi connectivity index (χ0v) is 14.1. The second-order valence-electron chi connectivity index (χ2n) is 5.81. The van der Waals surface area contributed by atoms with E-state index in [4.69, 9.17) is 0 Å². The fourth-order valence-electron chi connectivity index (χ4n) is 2.46. The van der Waals surface area contributed by atoms with E-state index in [9.17, 15) is 8.42 Å². The molecule has 21 heavy (non-hydrogen) atoms. The van der Waals surface area contributed by atoms with E-state index in [-0.39, 0.29) is 0 Å². The van der Waals surface area contributed by atoms with Crippen molar-refractivity contribution in [3.8, 4) is 0 Å². The molecule has 0 radical (unpaired) electrons. The molecule has 0 aromatic rings. The van der Waals surface area contributed by atoms with Crippen molar-refractivity contribution in [2.45, 2.75) is 32.7 Å². The van der Waals surface area contributed by atoms with E-state index < -0.39 is 10.2 Å². The molecule has 0 aromatic carbocycles. The third-order valence-corrected chi connectivity index (χ3v) is 5.67. The van der Waals surface area contributed by atoms with Crippen molar-refractivity contribution in [3.05, 3.63) is 25.3 Å². The number of rotatable bonds is 9. The maximum Gasteiger partial charge on any atom is 0.282 e. The van der Waals surface area contributed by atoms with Crippen molar-refractivity contribution in [3.63, 3.8) is 0 Å². The van der Waals surface area contributed by atoms with Gasteiger partial charge in [-0.05, 0) is 25.3 Å². The van der Waals surface area contributed by atoms with Crippen LogP contribution >= 0.6 is 0 Å². The van der Waals surface area contributed by atoms with Gasteiger partial charge in [0.1, 0.15) is 0 Å². The molecule has 1 rings (SSSR count). The van der Waals surface area contributed by atoms with Gasteiger partial charge < -0.3 is 5.32 Å². The quantitative estimate of drug-likeness (QED) is 0.658. The summed E-state index contributed by atoms with van der Waals surface area (Å²) in [4.78, 5) is 0. The van der Waals surface area contributed by atoms with Gasteiger partial charge in [0.05, 0.1) is 0 Å². The highest BCUT2D eigenvalue weighted by molar-refractivity contribution is 7.86. The SMILES string of the molecule is C=CCN(CC=C)S(=O)(=O)N1CCC(CNC(C)C)CC1. The highest BCUT2D eigenvalue weighted by Gasteiger charge is 2.31. The average Bonchev–Trinajstić information content (AvgIpc) is 2.45. The van der Waals surface area contributed by atoms with Crippen molar-refractivity contribution in [2.75, 3.05) is 32.7 Å². The number of hydrogen-bond donors (Lipinski definition) is 1. The Labute approximate surface area is 129 Å². The molecule has 0 amide bonds. The molecule has 1 N–H and O–H groups in total. The Balaban J connectivity index is 2.58. The first-order chi connectivity index (χ1) is 9.91. The van der Waals surface area contributed by atoms with E-state index in [0.29, 0.717) is 38.1 Å². The summed E-state index contributed by atoms with van der Waals surface area (Å²) in [5.41, 5.74) is 0. The maximum atomic E-state index is 12.6. The molecule has 0 spiro atoms. The maximum absolute atomic E-state index is 12.6. The summed E-state index contributed by atoms with van der Waals surface area (Å²) in [6, 6.07) is 0.474. The molecule has 1 saturated heterocycles. The number of nitrogens with one attached hydrogen (secondary N) is 1. The van der Waals surface area contributed by atoms with Crippen LogP contribution in [0.15, 0.2) is 25.3 Å². The fraction of sp³-hybridized carbons (Fsp3) is 0.733. The second-order valence-corrected chi connectivity index (χ2v) is 7.74. The van der Waals surface area contributed by atoms with Gasteiger partial charge in [0.25, 0.3) is 10.2 Å². The first kappa shape index (κ1) is 18.4. The Morgan fingerprint density at radius 3 is 2.19 bits per heavy atom. The molecule has 0 aliphatic carbocycles. The Kier molecular flexibility index (Phi) is 7.59. The van der Waals surface area contributed by atoms with E-state index in [0.717, 1.165) is 19.4 Å². The molecule has 0 bridgehead atoms. The smallest absolute Gasteiger partial charge is 0.282 e. The van der Waals surface area contributed by atoms with E-state index in [1.165, 1.54) is 4.31 Å². The summed E-state index contributed by atoms with van der Waals surface area (Å²) in [6.45, 7) is 14.3. The van der Waals surface area contributed by atoms with Crippen LogP contribution in [0.1, 0.15) is 26.7 Å². The summed E-state index contributed by atoms with van der Waals surface area (Å²) in [5, 5.41) is 3.43. The molecule has 5 nitrogen and oxygen atoms in total. The normalized spacial score (nSPS) is 18.3. The predicted molar refractivity (Wildman–Crippen MR) is 88.3 cm³/mol. The summed E-state index contributed by atoms with van der Waals surface area (Å²) < 4.78 is 28.2. The van der Waals surface area contributed by atoms with Gasteiger partial charge >= 0.3 is 0 Å². The lowest BCUT2D eigenvalue weighted by Crippen LogP contribution is -2.48. The summed E-state index contributed by atoms with van der Waals surface area (Å²) in [5.74, 6) is 0.561. The van der Waals surface area contributed by atoms with Crippen LogP contribution in [-0.2, 0) is 10.2 Å². The van der Waals surface area contributed by atoms with Crippen molar-refractivity contribution in [1.29, 1.82) is 0 Å². The molecule has 0 atom stereocenters. The summed E-state index contributed by atoms with van der Waals surface area (Å²) >= 11 is 0. The standard InChI is InChI=1S/C15H29N3O2S/c1-5-9-17(10-6-2)21(19,20)18-11-7-15(8-12-18)13-16-14(3)4/h5-6,14-16H,1-2,7-13H2,3-4H3. The summed E-state index contributed by atoms with van der Waals surface area (Å²) in [7, 11) is -3.40. The van der Waals surface area contributed by atoms with Crippen molar-refractivity contribution in [1.82, 2.24) is 13.9 Å². The van der Waals surface area contributed by atoms with Gasteiger partial charge in [-0.2, -0.15) is 17.0 Å². The fourth-order valence-corrected chi connectivity index (χ4v) is 4.05. The van der Waals surface area contributed by atoms with Crippen LogP contribution in [0.5, 0.6) is 0 Å². The van der Waals surface area contributed by atoms with Gasteiger partial charge in [-0.3, -0.25) is 0 Å². The lowest BCUT2D eigenvalue weighted by atomic mass is 9.98. The molecule has 0 saturated carbocycles. The molecule has 0 unspecified atom stereocenters. The van der Waals surface area contributed by atoms with Crippen LogP contribution in [0.2, 0.25) is 0 Å². The first-order valence-electron chi connectivity index (χ1n) is 7.62. The molecule has 1 heterocycles. The lowest BCUT2D eigenvalue weighted by molar-refractivity contribution is 0.251. The van der Waals surface area contributed by atoms with Crippen LogP contribution in [0.4, 0.5) is 0 Å². The van der Waals surface area contributed by atoms with E-state index in [1.54, 1.807) is 16.5 Å². The van der Waals surface area contributed by atoms with Crippen LogP contribution < -0.4 is 5.32 Å². The lowest BCUT2D eigenvalue weighted by Gasteiger charge is -2.34. The van der Waals surface area contributed by atoms with Gasteiger partial charge in [-0.1, -0.05) is 26.0 Å².